The Hall–Kier alpha value is -3.43. The second kappa shape index (κ2) is 8.97. The van der Waals surface area contributed by atoms with E-state index < -0.39 is 0 Å². The lowest BCUT2D eigenvalue weighted by molar-refractivity contribution is 0.122. The number of rotatable bonds is 6. The predicted octanol–water partition coefficient (Wildman–Crippen LogP) is 1.91. The van der Waals surface area contributed by atoms with Gasteiger partial charge in [-0.25, -0.2) is 14.1 Å². The number of imidazole rings is 1. The monoisotopic (exact) mass is 433 g/mol. The third kappa shape index (κ3) is 4.58. The first-order valence-corrected chi connectivity index (χ1v) is 10.7. The molecule has 1 fully saturated rings. The summed E-state index contributed by atoms with van der Waals surface area (Å²) >= 11 is 0. The molecule has 0 spiro atoms. The molecule has 0 saturated carbocycles. The molecule has 0 radical (unpaired) electrons. The van der Waals surface area contributed by atoms with Crippen LogP contribution < -0.4 is 5.56 Å². The molecule has 0 bridgehead atoms. The highest BCUT2D eigenvalue weighted by molar-refractivity contribution is 5.57. The molecule has 32 heavy (non-hydrogen) atoms. The lowest BCUT2D eigenvalue weighted by Gasteiger charge is -2.34. The number of piperazine rings is 1. The van der Waals surface area contributed by atoms with E-state index in [1.54, 1.807) is 35.0 Å². The van der Waals surface area contributed by atoms with Gasteiger partial charge >= 0.3 is 0 Å². The van der Waals surface area contributed by atoms with E-state index in [-0.39, 0.29) is 11.4 Å². The van der Waals surface area contributed by atoms with Crippen molar-refractivity contribution in [3.63, 3.8) is 0 Å². The van der Waals surface area contributed by atoms with Crippen LogP contribution in [0.25, 0.3) is 16.9 Å². The summed E-state index contributed by atoms with van der Waals surface area (Å²) in [6.45, 7) is 5.74. The highest BCUT2D eigenvalue weighted by Crippen LogP contribution is 2.14. The lowest BCUT2D eigenvalue weighted by Crippen LogP contribution is -2.47. The van der Waals surface area contributed by atoms with Crippen LogP contribution in [0.4, 0.5) is 4.39 Å². The van der Waals surface area contributed by atoms with E-state index in [0.717, 1.165) is 61.9 Å². The SMILES string of the molecule is O=c1ccc(-c2ccncc2)nn1CCN1CCN(Cc2cn3cc(F)ccc3n2)CC1. The van der Waals surface area contributed by atoms with Gasteiger partial charge in [-0.3, -0.25) is 19.6 Å². The van der Waals surface area contributed by atoms with Gasteiger partial charge in [0.25, 0.3) is 5.56 Å². The fourth-order valence-electron chi connectivity index (χ4n) is 4.02. The zero-order chi connectivity index (χ0) is 21.9. The molecule has 1 aliphatic heterocycles. The first kappa shape index (κ1) is 20.5. The van der Waals surface area contributed by atoms with Crippen LogP contribution in [0.3, 0.4) is 0 Å². The Kier molecular flexibility index (Phi) is 5.74. The smallest absolute Gasteiger partial charge is 0.266 e. The van der Waals surface area contributed by atoms with Gasteiger partial charge in [-0.1, -0.05) is 0 Å². The van der Waals surface area contributed by atoms with Crippen LogP contribution in [0.15, 0.2) is 66.0 Å². The van der Waals surface area contributed by atoms with Gasteiger partial charge in [-0.2, -0.15) is 5.10 Å². The van der Waals surface area contributed by atoms with Crippen LogP contribution in [0.1, 0.15) is 5.69 Å². The third-order valence-electron chi connectivity index (χ3n) is 5.79. The highest BCUT2D eigenvalue weighted by Gasteiger charge is 2.18. The van der Waals surface area contributed by atoms with Crippen molar-refractivity contribution in [2.24, 2.45) is 0 Å². The van der Waals surface area contributed by atoms with Crippen molar-refractivity contribution in [2.75, 3.05) is 32.7 Å². The standard InChI is InChI=1S/C23H24FN7O/c24-19-1-3-22-26-20(17-30(22)15-19)16-29-11-9-28(10-12-29)13-14-31-23(32)4-2-21(27-31)18-5-7-25-8-6-18/h1-8,15,17H,9-14,16H2. The molecule has 4 aromatic rings. The molecule has 4 aromatic heterocycles. The van der Waals surface area contributed by atoms with Crippen LogP contribution in [0.5, 0.6) is 0 Å². The number of aromatic nitrogens is 5. The Balaban J connectivity index is 1.15. The quantitative estimate of drug-likeness (QED) is 0.463. The van der Waals surface area contributed by atoms with E-state index in [4.69, 9.17) is 0 Å². The number of halogens is 1. The Morgan fingerprint density at radius 2 is 1.66 bits per heavy atom. The summed E-state index contributed by atoms with van der Waals surface area (Å²) in [7, 11) is 0. The van der Waals surface area contributed by atoms with Crippen LogP contribution in [-0.2, 0) is 13.1 Å². The van der Waals surface area contributed by atoms with Gasteiger partial charge in [0.05, 0.1) is 17.9 Å². The number of pyridine rings is 2. The lowest BCUT2D eigenvalue weighted by atomic mass is 10.2. The van der Waals surface area contributed by atoms with Gasteiger partial charge in [-0.05, 0) is 30.3 Å². The van der Waals surface area contributed by atoms with Gasteiger partial charge in [0.2, 0.25) is 0 Å². The van der Waals surface area contributed by atoms with Crippen LogP contribution in [0, 0.1) is 5.82 Å². The first-order chi connectivity index (χ1) is 15.6. The maximum atomic E-state index is 13.4. The van der Waals surface area contributed by atoms with Crippen molar-refractivity contribution < 1.29 is 4.39 Å². The molecule has 0 aromatic carbocycles. The third-order valence-corrected chi connectivity index (χ3v) is 5.79. The molecule has 0 N–H and O–H groups in total. The molecule has 5 rings (SSSR count). The molecule has 0 atom stereocenters. The van der Waals surface area contributed by atoms with Crippen LogP contribution in [-0.4, -0.2) is 66.7 Å². The number of fused-ring (bicyclic) bond motifs is 1. The minimum atomic E-state index is -0.269. The predicted molar refractivity (Wildman–Crippen MR) is 119 cm³/mol. The molecule has 5 heterocycles. The van der Waals surface area contributed by atoms with Crippen molar-refractivity contribution in [2.45, 2.75) is 13.1 Å². The molecule has 0 aliphatic carbocycles. The summed E-state index contributed by atoms with van der Waals surface area (Å²) in [5, 5.41) is 4.53. The van der Waals surface area contributed by atoms with Gasteiger partial charge < -0.3 is 4.40 Å². The van der Waals surface area contributed by atoms with Crippen molar-refractivity contribution in [1.29, 1.82) is 0 Å². The van der Waals surface area contributed by atoms with Gasteiger partial charge in [0.1, 0.15) is 11.5 Å². The first-order valence-electron chi connectivity index (χ1n) is 10.7. The minimum Gasteiger partial charge on any atom is -0.304 e. The van der Waals surface area contributed by atoms with Crippen molar-refractivity contribution in [3.05, 3.63) is 83.1 Å². The largest absolute Gasteiger partial charge is 0.304 e. The molecule has 1 aliphatic rings. The topological polar surface area (TPSA) is 71.6 Å². The Bertz CT molecular complexity index is 1260. The van der Waals surface area contributed by atoms with E-state index >= 15 is 0 Å². The fourth-order valence-corrected chi connectivity index (χ4v) is 4.02. The Morgan fingerprint density at radius 1 is 0.875 bits per heavy atom. The maximum Gasteiger partial charge on any atom is 0.266 e. The van der Waals surface area contributed by atoms with Crippen molar-refractivity contribution in [1.82, 2.24) is 33.9 Å². The summed E-state index contributed by atoms with van der Waals surface area (Å²) in [4.78, 5) is 25.6. The van der Waals surface area contributed by atoms with Gasteiger partial charge in [0, 0.05) is 75.7 Å². The average Bonchev–Trinajstić information content (AvgIpc) is 3.21. The molecule has 0 amide bonds. The molecular formula is C23H24FN7O. The summed E-state index contributed by atoms with van der Waals surface area (Å²) in [6.07, 6.45) is 6.77. The van der Waals surface area contributed by atoms with Gasteiger partial charge in [0.15, 0.2) is 0 Å². The van der Waals surface area contributed by atoms with E-state index in [1.165, 1.54) is 16.9 Å². The second-order valence-electron chi connectivity index (χ2n) is 7.98. The zero-order valence-corrected chi connectivity index (χ0v) is 17.6. The number of hydrogen-bond acceptors (Lipinski definition) is 6. The Labute approximate surface area is 184 Å². The average molecular weight is 433 g/mol. The zero-order valence-electron chi connectivity index (χ0n) is 17.6. The Morgan fingerprint density at radius 3 is 2.47 bits per heavy atom. The summed E-state index contributed by atoms with van der Waals surface area (Å²) < 4.78 is 16.7. The summed E-state index contributed by atoms with van der Waals surface area (Å²) in [6, 6.07) is 10.2. The summed E-state index contributed by atoms with van der Waals surface area (Å²) in [5.41, 5.74) is 3.31. The second-order valence-corrected chi connectivity index (χ2v) is 7.98. The van der Waals surface area contributed by atoms with Crippen molar-refractivity contribution >= 4 is 5.65 Å². The van der Waals surface area contributed by atoms with E-state index in [0.29, 0.717) is 6.54 Å². The molecule has 0 unspecified atom stereocenters. The van der Waals surface area contributed by atoms with Crippen molar-refractivity contribution in [3.8, 4) is 11.3 Å². The van der Waals surface area contributed by atoms with E-state index in [2.05, 4.69) is 24.9 Å². The highest BCUT2D eigenvalue weighted by atomic mass is 19.1. The molecule has 164 valence electrons. The van der Waals surface area contributed by atoms with Crippen LogP contribution >= 0.6 is 0 Å². The molecule has 9 heteroatoms. The normalized spacial score (nSPS) is 15.4. The van der Waals surface area contributed by atoms with E-state index in [1.807, 2.05) is 18.3 Å². The number of hydrogen-bond donors (Lipinski definition) is 0. The number of nitrogens with zero attached hydrogens (tertiary/aromatic N) is 7. The molecule has 8 nitrogen and oxygen atoms in total. The fraction of sp³-hybridized carbons (Fsp3) is 0.304. The summed E-state index contributed by atoms with van der Waals surface area (Å²) in [5.74, 6) is -0.269. The van der Waals surface area contributed by atoms with E-state index in [9.17, 15) is 9.18 Å². The molecule has 1 saturated heterocycles. The molecular weight excluding hydrogens is 409 g/mol. The minimum absolute atomic E-state index is 0.0928. The van der Waals surface area contributed by atoms with Gasteiger partial charge in [-0.15, -0.1) is 0 Å². The maximum absolute atomic E-state index is 13.4. The van der Waals surface area contributed by atoms with Crippen LogP contribution in [0.2, 0.25) is 0 Å².